The maximum Gasteiger partial charge on any atom is 0.402 e. The summed E-state index contributed by atoms with van der Waals surface area (Å²) < 4.78 is 38.0. The minimum atomic E-state index is -2.16. The molecule has 0 bridgehead atoms. The highest BCUT2D eigenvalue weighted by atomic mass is 19.4. The molecule has 0 heterocycles. The first-order chi connectivity index (χ1) is 5.45. The molecule has 0 spiro atoms. The van der Waals surface area contributed by atoms with E-state index in [-0.39, 0.29) is 0 Å². The second-order valence-electron chi connectivity index (χ2n) is 1.63. The normalized spacial score (nSPS) is 8.92. The summed E-state index contributed by atoms with van der Waals surface area (Å²) in [6, 6.07) is 0. The van der Waals surface area contributed by atoms with Crippen LogP contribution in [0.2, 0.25) is 0 Å². The average Bonchev–Trinajstić information content (AvgIpc) is 1.98. The Morgan fingerprint density at radius 1 is 1.42 bits per heavy atom. The van der Waals surface area contributed by atoms with Gasteiger partial charge in [0.25, 0.3) is 0 Å². The Morgan fingerprint density at radius 2 is 1.92 bits per heavy atom. The van der Waals surface area contributed by atoms with Gasteiger partial charge in [0, 0.05) is 5.34 Å². The van der Waals surface area contributed by atoms with E-state index in [1.807, 2.05) is 0 Å². The summed E-state index contributed by atoms with van der Waals surface area (Å²) in [5, 5.41) is -1.96. The van der Waals surface area contributed by atoms with Crippen LogP contribution in [0.3, 0.4) is 0 Å². The van der Waals surface area contributed by atoms with Gasteiger partial charge in [0.05, 0.1) is 0 Å². The summed E-state index contributed by atoms with van der Waals surface area (Å²) in [6.07, 6.45) is 0. The number of carbonyl (C=O) groups is 2. The molecule has 0 fully saturated rings. The van der Waals surface area contributed by atoms with Gasteiger partial charge in [-0.05, 0) is 0 Å². The lowest BCUT2D eigenvalue weighted by atomic mass is 10.6. The molecule has 0 aromatic carbocycles. The van der Waals surface area contributed by atoms with E-state index in [9.17, 15) is 22.9 Å². The third kappa shape index (κ3) is 3.59. The van der Waals surface area contributed by atoms with Crippen LogP contribution in [-0.4, -0.2) is 23.8 Å². The predicted octanol–water partition coefficient (Wildman–Crippen LogP) is 0.610. The Labute approximate surface area is 65.1 Å². The molecule has 0 radical (unpaired) electrons. The van der Waals surface area contributed by atoms with Crippen LogP contribution >= 0.6 is 0 Å². The lowest BCUT2D eigenvalue weighted by molar-refractivity contribution is -0.196. The van der Waals surface area contributed by atoms with Gasteiger partial charge in [0.1, 0.15) is 12.4 Å². The molecule has 0 aliphatic heterocycles. The fraction of sp³-hybridized carbons (Fsp3) is 0.200. The Kier molecular flexibility index (Phi) is 3.81. The molecule has 7 heteroatoms. The first-order valence-corrected chi connectivity index (χ1v) is 2.61. The lowest BCUT2D eigenvalue weighted by Crippen LogP contribution is -2.26. The summed E-state index contributed by atoms with van der Waals surface area (Å²) in [7, 11) is 0. The summed E-state index contributed by atoms with van der Waals surface area (Å²) in [5.41, 5.74) is 0. The molecular formula is C5H4F3NO3. The molecule has 0 saturated carbocycles. The number of esters is 1. The molecular weight excluding hydrogens is 179 g/mol. The zero-order chi connectivity index (χ0) is 9.72. The topological polar surface area (TPSA) is 46.6 Å². The van der Waals surface area contributed by atoms with Gasteiger partial charge < -0.3 is 4.74 Å². The fourth-order valence-electron chi connectivity index (χ4n) is 0.275. The highest BCUT2D eigenvalue weighted by Crippen LogP contribution is 1.96. The number of carbonyl (C=O) groups excluding carboxylic acids is 2. The molecule has 4 nitrogen and oxygen atoms in total. The number of ether oxygens (including phenoxy) is 1. The van der Waals surface area contributed by atoms with E-state index in [1.165, 1.54) is 0 Å². The molecule has 0 aromatic heterocycles. The second kappa shape index (κ2) is 4.37. The zero-order valence-corrected chi connectivity index (χ0v) is 5.72. The van der Waals surface area contributed by atoms with Gasteiger partial charge >= 0.3 is 11.9 Å². The van der Waals surface area contributed by atoms with Crippen LogP contribution in [0, 0.1) is 0 Å². The molecule has 0 aliphatic rings. The van der Waals surface area contributed by atoms with E-state index in [1.54, 1.807) is 0 Å². The van der Waals surface area contributed by atoms with Gasteiger partial charge in [-0.1, -0.05) is 15.5 Å². The van der Waals surface area contributed by atoms with Crippen molar-refractivity contribution in [1.82, 2.24) is 5.34 Å². The minimum Gasteiger partial charge on any atom is -0.451 e. The SMILES string of the molecule is C=C(F)COC(=O)C(=O)N(F)F. The van der Waals surface area contributed by atoms with Crippen LogP contribution in [0.15, 0.2) is 12.4 Å². The van der Waals surface area contributed by atoms with Crippen LogP contribution in [0.4, 0.5) is 13.4 Å². The van der Waals surface area contributed by atoms with Gasteiger partial charge in [-0.15, -0.1) is 0 Å². The third-order valence-corrected chi connectivity index (χ3v) is 0.688. The maximum atomic E-state index is 11.7. The van der Waals surface area contributed by atoms with Crippen LogP contribution < -0.4 is 0 Å². The predicted molar refractivity (Wildman–Crippen MR) is 30.3 cm³/mol. The number of halogens is 3. The number of hydrogen-bond donors (Lipinski definition) is 0. The van der Waals surface area contributed by atoms with Crippen molar-refractivity contribution in [2.75, 3.05) is 6.61 Å². The minimum absolute atomic E-state index is 0.904. The van der Waals surface area contributed by atoms with E-state index in [0.717, 1.165) is 0 Å². The fourth-order valence-corrected chi connectivity index (χ4v) is 0.275. The van der Waals surface area contributed by atoms with Crippen molar-refractivity contribution in [3.63, 3.8) is 0 Å². The zero-order valence-electron chi connectivity index (χ0n) is 5.72. The molecule has 0 aliphatic carbocycles. The quantitative estimate of drug-likeness (QED) is 0.358. The van der Waals surface area contributed by atoms with Crippen molar-refractivity contribution < 1.29 is 27.7 Å². The standard InChI is InChI=1S/C5H4F3NO3/c1-3(6)2-12-5(11)4(10)9(7)8/h1-2H2. The van der Waals surface area contributed by atoms with Crippen LogP contribution in [-0.2, 0) is 14.3 Å². The molecule has 0 atom stereocenters. The van der Waals surface area contributed by atoms with Crippen molar-refractivity contribution in [2.24, 2.45) is 0 Å². The molecule has 12 heavy (non-hydrogen) atoms. The van der Waals surface area contributed by atoms with E-state index in [4.69, 9.17) is 0 Å². The first-order valence-electron chi connectivity index (χ1n) is 2.61. The Bertz CT molecular complexity index is 216. The van der Waals surface area contributed by atoms with Gasteiger partial charge in [0.15, 0.2) is 0 Å². The molecule has 0 rings (SSSR count). The summed E-state index contributed by atoms with van der Waals surface area (Å²) >= 11 is 0. The highest BCUT2D eigenvalue weighted by Gasteiger charge is 2.23. The molecule has 0 saturated heterocycles. The van der Waals surface area contributed by atoms with E-state index < -0.39 is 29.7 Å². The number of nitrogens with zero attached hydrogens (tertiary/aromatic N) is 1. The summed E-state index contributed by atoms with van der Waals surface area (Å²) in [4.78, 5) is 20.2. The average molecular weight is 183 g/mol. The second-order valence-corrected chi connectivity index (χ2v) is 1.63. The Balaban J connectivity index is 3.89. The summed E-state index contributed by atoms with van der Waals surface area (Å²) in [5.74, 6) is -5.03. The molecule has 0 aromatic rings. The van der Waals surface area contributed by atoms with E-state index >= 15 is 0 Å². The Hall–Kier alpha value is -1.53. The Morgan fingerprint density at radius 3 is 2.25 bits per heavy atom. The van der Waals surface area contributed by atoms with Crippen LogP contribution in [0.1, 0.15) is 0 Å². The van der Waals surface area contributed by atoms with Crippen molar-refractivity contribution in [3.05, 3.63) is 12.4 Å². The van der Waals surface area contributed by atoms with Gasteiger partial charge in [-0.3, -0.25) is 4.79 Å². The summed E-state index contributed by atoms with van der Waals surface area (Å²) in [6.45, 7) is 1.77. The maximum absolute atomic E-state index is 11.7. The van der Waals surface area contributed by atoms with Crippen molar-refractivity contribution in [2.45, 2.75) is 0 Å². The van der Waals surface area contributed by atoms with Gasteiger partial charge in [-0.2, -0.15) is 0 Å². The van der Waals surface area contributed by atoms with Gasteiger partial charge in [0.2, 0.25) is 0 Å². The highest BCUT2D eigenvalue weighted by molar-refractivity contribution is 6.31. The van der Waals surface area contributed by atoms with Crippen LogP contribution in [0.25, 0.3) is 0 Å². The molecule has 68 valence electrons. The monoisotopic (exact) mass is 183 g/mol. The third-order valence-electron chi connectivity index (χ3n) is 0.688. The van der Waals surface area contributed by atoms with Crippen molar-refractivity contribution in [1.29, 1.82) is 0 Å². The molecule has 0 N–H and O–H groups in total. The van der Waals surface area contributed by atoms with Crippen LogP contribution in [0.5, 0.6) is 0 Å². The van der Waals surface area contributed by atoms with Gasteiger partial charge in [-0.25, -0.2) is 9.18 Å². The number of rotatable bonds is 2. The first kappa shape index (κ1) is 10.5. The van der Waals surface area contributed by atoms with E-state index in [2.05, 4.69) is 11.3 Å². The number of hydrogen-bond acceptors (Lipinski definition) is 3. The smallest absolute Gasteiger partial charge is 0.402 e. The van der Waals surface area contributed by atoms with E-state index in [0.29, 0.717) is 0 Å². The lowest BCUT2D eigenvalue weighted by Gasteiger charge is -2.00. The van der Waals surface area contributed by atoms with Crippen molar-refractivity contribution >= 4 is 11.9 Å². The van der Waals surface area contributed by atoms with Crippen molar-refractivity contribution in [3.8, 4) is 0 Å². The molecule has 1 amide bonds. The molecule has 0 unspecified atom stereocenters. The largest absolute Gasteiger partial charge is 0.451 e. The number of amides is 1.